The van der Waals surface area contributed by atoms with Crippen molar-refractivity contribution in [3.63, 3.8) is 0 Å². The molecule has 0 aromatic rings. The molecule has 2 aliphatic rings. The second-order valence-electron chi connectivity index (χ2n) is 12.3. The quantitative estimate of drug-likeness (QED) is 0.523. The lowest BCUT2D eigenvalue weighted by atomic mass is 9.68. The van der Waals surface area contributed by atoms with Crippen LogP contribution in [0, 0.1) is 11.3 Å². The standard InChI is InChI=1S/C25H44O5Si/c1-15-18(21(26)20-16(2)28-25(9,10)29-22(20)27)13-17(23(3,4)5)14-19(15)30-31(11,12)24(6,7)8/h17,19,22,27H,13-14H2,1-12H3/t17-,19?,22?/m0/s1. The maximum Gasteiger partial charge on any atom is 0.207 e. The van der Waals surface area contributed by atoms with Gasteiger partial charge in [0.1, 0.15) is 5.76 Å². The molecule has 2 unspecified atom stereocenters. The fraction of sp³-hybridized carbons (Fsp3) is 0.800. The van der Waals surface area contributed by atoms with Gasteiger partial charge >= 0.3 is 0 Å². The Bertz CT molecular complexity index is 777. The van der Waals surface area contributed by atoms with Crippen LogP contribution in [0.2, 0.25) is 18.1 Å². The minimum Gasteiger partial charge on any atom is -0.467 e. The van der Waals surface area contributed by atoms with Crippen molar-refractivity contribution in [2.24, 2.45) is 11.3 Å². The highest BCUT2D eigenvalue weighted by molar-refractivity contribution is 6.74. The lowest BCUT2D eigenvalue weighted by molar-refractivity contribution is -0.272. The number of ether oxygens (including phenoxy) is 2. The molecule has 6 heteroatoms. The summed E-state index contributed by atoms with van der Waals surface area (Å²) in [7, 11) is -2.03. The summed E-state index contributed by atoms with van der Waals surface area (Å²) >= 11 is 0. The number of aliphatic hydroxyl groups excluding tert-OH is 1. The van der Waals surface area contributed by atoms with Crippen LogP contribution in [-0.4, -0.2) is 37.4 Å². The molecule has 1 heterocycles. The highest BCUT2D eigenvalue weighted by Crippen LogP contribution is 2.46. The Balaban J connectivity index is 2.51. The maximum absolute atomic E-state index is 13.7. The van der Waals surface area contributed by atoms with Crippen LogP contribution < -0.4 is 0 Å². The van der Waals surface area contributed by atoms with Crippen molar-refractivity contribution < 1.29 is 23.8 Å². The van der Waals surface area contributed by atoms with Gasteiger partial charge in [-0.05, 0) is 61.7 Å². The van der Waals surface area contributed by atoms with Gasteiger partial charge in [-0.3, -0.25) is 4.79 Å². The molecular weight excluding hydrogens is 408 g/mol. The van der Waals surface area contributed by atoms with Crippen molar-refractivity contribution >= 4 is 14.1 Å². The van der Waals surface area contributed by atoms with Crippen molar-refractivity contribution in [2.75, 3.05) is 0 Å². The average Bonchev–Trinajstić information content (AvgIpc) is 2.52. The predicted octanol–water partition coefficient (Wildman–Crippen LogP) is 6.09. The summed E-state index contributed by atoms with van der Waals surface area (Å²) in [4.78, 5) is 13.7. The van der Waals surface area contributed by atoms with Crippen molar-refractivity contribution in [1.29, 1.82) is 0 Å². The number of carbonyl (C=O) groups excluding carboxylic acids is 1. The molecule has 0 amide bonds. The zero-order valence-electron chi connectivity index (χ0n) is 21.7. The second-order valence-corrected chi connectivity index (χ2v) is 17.1. The van der Waals surface area contributed by atoms with Crippen molar-refractivity contribution in [3.05, 3.63) is 22.5 Å². The number of hydrogen-bond donors (Lipinski definition) is 1. The monoisotopic (exact) mass is 452 g/mol. The molecule has 31 heavy (non-hydrogen) atoms. The average molecular weight is 453 g/mol. The summed E-state index contributed by atoms with van der Waals surface area (Å²) in [5, 5.41) is 10.7. The van der Waals surface area contributed by atoms with E-state index in [4.69, 9.17) is 13.9 Å². The molecule has 0 aromatic heterocycles. The smallest absolute Gasteiger partial charge is 0.207 e. The van der Waals surface area contributed by atoms with Gasteiger partial charge in [-0.15, -0.1) is 0 Å². The minimum absolute atomic E-state index is 0.0326. The topological polar surface area (TPSA) is 65.0 Å². The van der Waals surface area contributed by atoms with Crippen LogP contribution >= 0.6 is 0 Å². The van der Waals surface area contributed by atoms with E-state index >= 15 is 0 Å². The molecule has 0 fully saturated rings. The van der Waals surface area contributed by atoms with E-state index in [1.807, 2.05) is 6.92 Å². The maximum atomic E-state index is 13.7. The number of aliphatic hydroxyl groups is 1. The van der Waals surface area contributed by atoms with Crippen molar-refractivity contribution in [2.45, 2.75) is 118 Å². The highest BCUT2D eigenvalue weighted by atomic mass is 28.4. The van der Waals surface area contributed by atoms with Crippen LogP contribution in [-0.2, 0) is 18.7 Å². The van der Waals surface area contributed by atoms with E-state index in [1.165, 1.54) is 0 Å². The molecule has 1 N–H and O–H groups in total. The third-order valence-corrected chi connectivity index (χ3v) is 11.8. The molecule has 1 aliphatic heterocycles. The van der Waals surface area contributed by atoms with E-state index in [-0.39, 0.29) is 27.9 Å². The van der Waals surface area contributed by atoms with Gasteiger partial charge in [0.25, 0.3) is 0 Å². The molecule has 1 aliphatic carbocycles. The lowest BCUT2D eigenvalue weighted by Crippen LogP contribution is -2.47. The molecule has 0 aromatic carbocycles. The van der Waals surface area contributed by atoms with Gasteiger partial charge in [0, 0.05) is 19.4 Å². The first-order valence-corrected chi connectivity index (χ1v) is 14.4. The minimum atomic E-state index is -2.03. The molecule has 3 atom stereocenters. The molecule has 0 radical (unpaired) electrons. The fourth-order valence-corrected chi connectivity index (χ4v) is 5.44. The summed E-state index contributed by atoms with van der Waals surface area (Å²) in [5.41, 5.74) is 1.95. The van der Waals surface area contributed by atoms with E-state index in [0.717, 1.165) is 17.6 Å². The van der Waals surface area contributed by atoms with E-state index in [2.05, 4.69) is 54.6 Å². The highest BCUT2D eigenvalue weighted by Gasteiger charge is 2.45. The van der Waals surface area contributed by atoms with Gasteiger partial charge in [-0.2, -0.15) is 0 Å². The summed E-state index contributed by atoms with van der Waals surface area (Å²) in [6.07, 6.45) is 0.168. The van der Waals surface area contributed by atoms with Crippen LogP contribution in [0.1, 0.15) is 82.1 Å². The van der Waals surface area contributed by atoms with Crippen molar-refractivity contribution in [3.8, 4) is 0 Å². The number of carbonyl (C=O) groups is 1. The van der Waals surface area contributed by atoms with Crippen LogP contribution in [0.5, 0.6) is 0 Å². The Morgan fingerprint density at radius 3 is 2.13 bits per heavy atom. The lowest BCUT2D eigenvalue weighted by Gasteiger charge is -2.45. The molecule has 178 valence electrons. The fourth-order valence-electron chi connectivity index (χ4n) is 4.10. The van der Waals surface area contributed by atoms with Gasteiger partial charge in [-0.1, -0.05) is 41.5 Å². The van der Waals surface area contributed by atoms with Gasteiger partial charge in [0.05, 0.1) is 11.7 Å². The zero-order chi connectivity index (χ0) is 24.2. The number of hydrogen-bond acceptors (Lipinski definition) is 5. The first-order chi connectivity index (χ1) is 13.8. The second kappa shape index (κ2) is 8.43. The van der Waals surface area contributed by atoms with Crippen LogP contribution in [0.15, 0.2) is 22.5 Å². The predicted molar refractivity (Wildman–Crippen MR) is 127 cm³/mol. The van der Waals surface area contributed by atoms with Gasteiger partial charge < -0.3 is 19.0 Å². The number of Topliss-reactive ketones (excluding diaryl/α,β-unsaturated/α-hetero) is 1. The third-order valence-electron chi connectivity index (χ3n) is 7.32. The first kappa shape index (κ1) is 26.3. The third kappa shape index (κ3) is 5.70. The molecule has 2 rings (SSSR count). The van der Waals surface area contributed by atoms with Gasteiger partial charge in [0.15, 0.2) is 20.4 Å². The SMILES string of the molecule is CC1=C(C(=O)C2=C(C)C(O[Si](C)(C)C(C)(C)C)C[C@@H](C(C)(C)C)C2)C(O)OC(C)(C)O1. The Kier molecular flexibility index (Phi) is 7.16. The van der Waals surface area contributed by atoms with E-state index in [0.29, 0.717) is 18.1 Å². The Hall–Kier alpha value is -0.953. The summed E-state index contributed by atoms with van der Waals surface area (Å²) in [5.74, 6) is -0.431. The molecule has 0 spiro atoms. The molecule has 0 saturated heterocycles. The molecule has 0 saturated carbocycles. The van der Waals surface area contributed by atoms with Gasteiger partial charge in [-0.25, -0.2) is 0 Å². The van der Waals surface area contributed by atoms with E-state index in [1.54, 1.807) is 20.8 Å². The Labute approximate surface area is 190 Å². The van der Waals surface area contributed by atoms with Crippen LogP contribution in [0.25, 0.3) is 0 Å². The largest absolute Gasteiger partial charge is 0.467 e. The van der Waals surface area contributed by atoms with Crippen LogP contribution in [0.3, 0.4) is 0 Å². The summed E-state index contributed by atoms with van der Waals surface area (Å²) in [6, 6.07) is 0. The normalized spacial score (nSPS) is 28.0. The summed E-state index contributed by atoms with van der Waals surface area (Å²) in [6.45, 7) is 25.1. The van der Waals surface area contributed by atoms with E-state index in [9.17, 15) is 9.90 Å². The number of rotatable bonds is 4. The molecular formula is C25H44O5Si. The number of ketones is 1. The summed E-state index contributed by atoms with van der Waals surface area (Å²) < 4.78 is 18.2. The van der Waals surface area contributed by atoms with Crippen LogP contribution in [0.4, 0.5) is 0 Å². The zero-order valence-corrected chi connectivity index (χ0v) is 22.7. The van der Waals surface area contributed by atoms with Crippen molar-refractivity contribution in [1.82, 2.24) is 0 Å². The molecule has 5 nitrogen and oxygen atoms in total. The van der Waals surface area contributed by atoms with E-state index < -0.39 is 20.4 Å². The van der Waals surface area contributed by atoms with Gasteiger partial charge in [0.2, 0.25) is 5.79 Å². The molecule has 0 bridgehead atoms. The Morgan fingerprint density at radius 1 is 1.13 bits per heavy atom. The first-order valence-electron chi connectivity index (χ1n) is 11.4. The number of allylic oxidation sites excluding steroid dienone is 2. The Morgan fingerprint density at radius 2 is 1.68 bits per heavy atom.